The second kappa shape index (κ2) is 3.38. The summed E-state index contributed by atoms with van der Waals surface area (Å²) < 4.78 is 0. The summed E-state index contributed by atoms with van der Waals surface area (Å²) >= 11 is 0. The van der Waals surface area contributed by atoms with E-state index in [1.807, 2.05) is 6.20 Å². The van der Waals surface area contributed by atoms with E-state index in [1.54, 1.807) is 0 Å². The summed E-state index contributed by atoms with van der Waals surface area (Å²) in [6.45, 7) is 6.67. The molecule has 15 heavy (non-hydrogen) atoms. The average Bonchev–Trinajstić information content (AvgIpc) is 2.57. The van der Waals surface area contributed by atoms with Crippen molar-refractivity contribution in [2.24, 2.45) is 0 Å². The van der Waals surface area contributed by atoms with Crippen LogP contribution in [-0.2, 0) is 12.0 Å². The predicted molar refractivity (Wildman–Crippen MR) is 62.9 cm³/mol. The van der Waals surface area contributed by atoms with Crippen LogP contribution in [0.5, 0.6) is 0 Å². The molecule has 2 nitrogen and oxygen atoms in total. The molecule has 2 aromatic rings. The highest BCUT2D eigenvalue weighted by molar-refractivity contribution is 5.84. The molecule has 80 valence electrons. The number of aromatic amines is 1. The lowest BCUT2D eigenvalue weighted by Gasteiger charge is -2.19. The normalized spacial score (nSPS) is 12.3. The molecule has 0 saturated carbocycles. The molecular weight excluding hydrogens is 186 g/mol. The number of benzene rings is 1. The molecule has 0 spiro atoms. The third-order valence-corrected chi connectivity index (χ3v) is 2.80. The number of aromatic nitrogens is 1. The van der Waals surface area contributed by atoms with Gasteiger partial charge in [-0.15, -0.1) is 0 Å². The van der Waals surface area contributed by atoms with Crippen LogP contribution in [-0.4, -0.2) is 10.1 Å². The highest BCUT2D eigenvalue weighted by Gasteiger charge is 2.14. The van der Waals surface area contributed by atoms with Crippen LogP contribution in [0.4, 0.5) is 0 Å². The van der Waals surface area contributed by atoms with Gasteiger partial charge in [0.1, 0.15) is 0 Å². The summed E-state index contributed by atoms with van der Waals surface area (Å²) in [6, 6.07) is 6.38. The molecule has 0 unspecified atom stereocenters. The first-order chi connectivity index (χ1) is 7.02. The SMILES string of the molecule is CC(C)(C)c1ccc2[nH]cc(CO)c2c1. The van der Waals surface area contributed by atoms with E-state index in [2.05, 4.69) is 44.0 Å². The van der Waals surface area contributed by atoms with E-state index in [0.29, 0.717) is 0 Å². The molecule has 0 bridgehead atoms. The van der Waals surface area contributed by atoms with Gasteiger partial charge in [-0.1, -0.05) is 26.8 Å². The van der Waals surface area contributed by atoms with E-state index in [-0.39, 0.29) is 12.0 Å². The Morgan fingerprint density at radius 1 is 1.27 bits per heavy atom. The molecule has 1 heterocycles. The number of rotatable bonds is 1. The van der Waals surface area contributed by atoms with Gasteiger partial charge in [0.25, 0.3) is 0 Å². The van der Waals surface area contributed by atoms with Crippen molar-refractivity contribution in [1.82, 2.24) is 4.98 Å². The third kappa shape index (κ3) is 1.77. The Balaban J connectivity index is 2.63. The van der Waals surface area contributed by atoms with Crippen LogP contribution in [0, 0.1) is 0 Å². The Morgan fingerprint density at radius 2 is 2.00 bits per heavy atom. The summed E-state index contributed by atoms with van der Waals surface area (Å²) in [6.07, 6.45) is 1.87. The average molecular weight is 203 g/mol. The van der Waals surface area contributed by atoms with E-state index in [9.17, 15) is 5.11 Å². The van der Waals surface area contributed by atoms with Crippen LogP contribution in [0.3, 0.4) is 0 Å². The fourth-order valence-electron chi connectivity index (χ4n) is 1.78. The lowest BCUT2D eigenvalue weighted by Crippen LogP contribution is -2.10. The molecular formula is C13H17NO. The second-order valence-electron chi connectivity index (χ2n) is 4.98. The van der Waals surface area contributed by atoms with Crippen LogP contribution in [0.1, 0.15) is 31.9 Å². The zero-order chi connectivity index (χ0) is 11.1. The molecule has 1 aromatic carbocycles. The minimum atomic E-state index is 0.0909. The second-order valence-corrected chi connectivity index (χ2v) is 4.98. The number of nitrogens with one attached hydrogen (secondary N) is 1. The number of aliphatic hydroxyl groups is 1. The summed E-state index contributed by atoms with van der Waals surface area (Å²) in [5.41, 5.74) is 3.51. The Bertz CT molecular complexity index is 477. The molecule has 0 fully saturated rings. The van der Waals surface area contributed by atoms with Crippen LogP contribution in [0.15, 0.2) is 24.4 Å². The lowest BCUT2D eigenvalue weighted by molar-refractivity contribution is 0.283. The van der Waals surface area contributed by atoms with Crippen molar-refractivity contribution in [3.05, 3.63) is 35.5 Å². The van der Waals surface area contributed by atoms with Gasteiger partial charge in [0.2, 0.25) is 0 Å². The van der Waals surface area contributed by atoms with Gasteiger partial charge in [0.15, 0.2) is 0 Å². The van der Waals surface area contributed by atoms with E-state index < -0.39 is 0 Å². The fraction of sp³-hybridized carbons (Fsp3) is 0.385. The van der Waals surface area contributed by atoms with Crippen LogP contribution >= 0.6 is 0 Å². The minimum Gasteiger partial charge on any atom is -0.392 e. The Hall–Kier alpha value is -1.28. The minimum absolute atomic E-state index is 0.0909. The number of H-pyrrole nitrogens is 1. The Labute approximate surface area is 89.9 Å². The molecule has 0 aliphatic rings. The number of hydrogen-bond donors (Lipinski definition) is 2. The first-order valence-corrected chi connectivity index (χ1v) is 5.24. The number of aliphatic hydroxyl groups excluding tert-OH is 1. The fourth-order valence-corrected chi connectivity index (χ4v) is 1.78. The number of fused-ring (bicyclic) bond motifs is 1. The third-order valence-electron chi connectivity index (χ3n) is 2.80. The van der Waals surface area contributed by atoms with Crippen LogP contribution in [0.25, 0.3) is 10.9 Å². The van der Waals surface area contributed by atoms with Crippen LogP contribution in [0.2, 0.25) is 0 Å². The van der Waals surface area contributed by atoms with Gasteiger partial charge in [0.05, 0.1) is 6.61 Å². The van der Waals surface area contributed by atoms with Crippen molar-refractivity contribution in [1.29, 1.82) is 0 Å². The summed E-state index contributed by atoms with van der Waals surface area (Å²) in [5.74, 6) is 0. The highest BCUT2D eigenvalue weighted by Crippen LogP contribution is 2.27. The first-order valence-electron chi connectivity index (χ1n) is 5.24. The Kier molecular flexibility index (Phi) is 2.31. The van der Waals surface area contributed by atoms with Crippen molar-refractivity contribution in [2.75, 3.05) is 0 Å². The smallest absolute Gasteiger partial charge is 0.0702 e. The summed E-state index contributed by atoms with van der Waals surface area (Å²) in [7, 11) is 0. The standard InChI is InChI=1S/C13H17NO/c1-13(2,3)10-4-5-12-11(6-10)9(8-15)7-14-12/h4-7,14-15H,8H2,1-3H3. The molecule has 2 N–H and O–H groups in total. The molecule has 2 heteroatoms. The van der Waals surface area contributed by atoms with Crippen LogP contribution < -0.4 is 0 Å². The predicted octanol–water partition coefficient (Wildman–Crippen LogP) is 2.96. The molecule has 0 aliphatic heterocycles. The largest absolute Gasteiger partial charge is 0.392 e. The molecule has 0 aliphatic carbocycles. The summed E-state index contributed by atoms with van der Waals surface area (Å²) in [5, 5.41) is 10.3. The molecule has 2 rings (SSSR count). The van der Waals surface area contributed by atoms with Gasteiger partial charge in [-0.3, -0.25) is 0 Å². The maximum Gasteiger partial charge on any atom is 0.0702 e. The van der Waals surface area contributed by atoms with Gasteiger partial charge in [-0.2, -0.15) is 0 Å². The van der Waals surface area contributed by atoms with Gasteiger partial charge in [0, 0.05) is 22.7 Å². The molecule has 0 amide bonds. The molecule has 0 saturated heterocycles. The maximum absolute atomic E-state index is 9.20. The van der Waals surface area contributed by atoms with E-state index >= 15 is 0 Å². The topological polar surface area (TPSA) is 36.0 Å². The van der Waals surface area contributed by atoms with Gasteiger partial charge >= 0.3 is 0 Å². The highest BCUT2D eigenvalue weighted by atomic mass is 16.3. The van der Waals surface area contributed by atoms with Crippen molar-refractivity contribution >= 4 is 10.9 Å². The molecule has 0 atom stereocenters. The van der Waals surface area contributed by atoms with Crippen molar-refractivity contribution < 1.29 is 5.11 Å². The summed E-state index contributed by atoms with van der Waals surface area (Å²) in [4.78, 5) is 3.16. The quantitative estimate of drug-likeness (QED) is 0.734. The monoisotopic (exact) mass is 203 g/mol. The molecule has 0 radical (unpaired) electrons. The van der Waals surface area contributed by atoms with Crippen molar-refractivity contribution in [3.63, 3.8) is 0 Å². The van der Waals surface area contributed by atoms with Gasteiger partial charge < -0.3 is 10.1 Å². The van der Waals surface area contributed by atoms with E-state index in [4.69, 9.17) is 0 Å². The van der Waals surface area contributed by atoms with Gasteiger partial charge in [-0.05, 0) is 23.1 Å². The number of hydrogen-bond acceptors (Lipinski definition) is 1. The van der Waals surface area contributed by atoms with Gasteiger partial charge in [-0.25, -0.2) is 0 Å². The van der Waals surface area contributed by atoms with Crippen molar-refractivity contribution in [3.8, 4) is 0 Å². The van der Waals surface area contributed by atoms with Crippen molar-refractivity contribution in [2.45, 2.75) is 32.8 Å². The lowest BCUT2D eigenvalue weighted by atomic mass is 9.86. The maximum atomic E-state index is 9.20. The van der Waals surface area contributed by atoms with E-state index in [1.165, 1.54) is 5.56 Å². The zero-order valence-electron chi connectivity index (χ0n) is 9.46. The molecule has 1 aromatic heterocycles. The first kappa shape index (κ1) is 10.2. The Morgan fingerprint density at radius 3 is 2.60 bits per heavy atom. The zero-order valence-corrected chi connectivity index (χ0v) is 9.46. The van der Waals surface area contributed by atoms with E-state index in [0.717, 1.165) is 16.5 Å².